The lowest BCUT2D eigenvalue weighted by Crippen LogP contribution is -2.33. The summed E-state index contributed by atoms with van der Waals surface area (Å²) >= 11 is 0. The summed E-state index contributed by atoms with van der Waals surface area (Å²) in [6.45, 7) is 5.75. The van der Waals surface area contributed by atoms with Gasteiger partial charge in [0.15, 0.2) is 11.5 Å². The first-order valence-electron chi connectivity index (χ1n) is 12.0. The summed E-state index contributed by atoms with van der Waals surface area (Å²) in [4.78, 5) is 12.7. The summed E-state index contributed by atoms with van der Waals surface area (Å²) in [6, 6.07) is 14.8. The van der Waals surface area contributed by atoms with Crippen molar-refractivity contribution < 1.29 is 9.47 Å². The van der Waals surface area contributed by atoms with Crippen molar-refractivity contribution in [1.29, 1.82) is 0 Å². The molecule has 2 aliphatic rings. The molecule has 0 amide bonds. The molecule has 5 nitrogen and oxygen atoms in total. The third-order valence-corrected chi connectivity index (χ3v) is 7.13. The minimum atomic E-state index is 0.121. The average Bonchev–Trinajstić information content (AvgIpc) is 2.83. The molecule has 2 heterocycles. The summed E-state index contributed by atoms with van der Waals surface area (Å²) < 4.78 is 12.9. The van der Waals surface area contributed by atoms with Crippen LogP contribution in [0.1, 0.15) is 48.8 Å². The molecule has 1 fully saturated rings. The molecule has 1 aromatic heterocycles. The van der Waals surface area contributed by atoms with Crippen molar-refractivity contribution in [1.82, 2.24) is 9.88 Å². The predicted octanol–water partition coefficient (Wildman–Crippen LogP) is 5.60. The number of rotatable bonds is 6. The van der Waals surface area contributed by atoms with Crippen LogP contribution >= 0.6 is 0 Å². The molecule has 33 heavy (non-hydrogen) atoms. The Labute approximate surface area is 195 Å². The fourth-order valence-electron chi connectivity index (χ4n) is 5.17. The fraction of sp³-hybridized carbons (Fsp3) is 0.393. The van der Waals surface area contributed by atoms with Crippen LogP contribution in [0.4, 0.5) is 0 Å². The number of benzene rings is 2. The molecule has 0 spiro atoms. The smallest absolute Gasteiger partial charge is 0.251 e. The predicted molar refractivity (Wildman–Crippen MR) is 132 cm³/mol. The van der Waals surface area contributed by atoms with Gasteiger partial charge in [-0.1, -0.05) is 18.2 Å². The number of fused-ring (bicyclic) bond motifs is 2. The van der Waals surface area contributed by atoms with Crippen LogP contribution in [0.3, 0.4) is 0 Å². The lowest BCUT2D eigenvalue weighted by Gasteiger charge is -2.29. The molecule has 3 aromatic rings. The van der Waals surface area contributed by atoms with E-state index in [0.29, 0.717) is 12.0 Å². The molecule has 0 radical (unpaired) electrons. The Hall–Kier alpha value is -3.05. The van der Waals surface area contributed by atoms with Gasteiger partial charge >= 0.3 is 0 Å². The van der Waals surface area contributed by atoms with Gasteiger partial charge in [0.05, 0.1) is 5.52 Å². The SMILES string of the molecule is Cc1ccc2c(C)cc(=O)n(CCC3CCC(NCc4ccc5c(c4)OC=CO5)CC3)c2c1. The van der Waals surface area contributed by atoms with Gasteiger partial charge in [0.2, 0.25) is 0 Å². The number of nitrogens with zero attached hydrogens (tertiary/aromatic N) is 1. The second-order valence-corrected chi connectivity index (χ2v) is 9.51. The maximum atomic E-state index is 12.7. The van der Waals surface area contributed by atoms with E-state index in [1.165, 1.54) is 42.2 Å². The van der Waals surface area contributed by atoms with E-state index >= 15 is 0 Å². The van der Waals surface area contributed by atoms with Crippen LogP contribution < -0.4 is 20.3 Å². The number of hydrogen-bond donors (Lipinski definition) is 1. The molecule has 0 saturated heterocycles. The maximum Gasteiger partial charge on any atom is 0.251 e. The highest BCUT2D eigenvalue weighted by Gasteiger charge is 2.21. The first kappa shape index (κ1) is 21.8. The first-order valence-corrected chi connectivity index (χ1v) is 12.0. The van der Waals surface area contributed by atoms with Crippen LogP contribution in [0, 0.1) is 19.8 Å². The van der Waals surface area contributed by atoms with Gasteiger partial charge in [0.25, 0.3) is 5.56 Å². The largest absolute Gasteiger partial charge is 0.458 e. The second-order valence-electron chi connectivity index (χ2n) is 9.51. The number of nitrogens with one attached hydrogen (secondary N) is 1. The van der Waals surface area contributed by atoms with Gasteiger partial charge in [0.1, 0.15) is 12.5 Å². The monoisotopic (exact) mass is 444 g/mol. The number of ether oxygens (including phenoxy) is 2. The molecule has 0 unspecified atom stereocenters. The van der Waals surface area contributed by atoms with Crippen molar-refractivity contribution in [2.75, 3.05) is 0 Å². The van der Waals surface area contributed by atoms with E-state index in [0.717, 1.165) is 42.1 Å². The van der Waals surface area contributed by atoms with Gasteiger partial charge in [-0.25, -0.2) is 0 Å². The molecule has 1 N–H and O–H groups in total. The lowest BCUT2D eigenvalue weighted by molar-refractivity contribution is 0.271. The molecule has 5 rings (SSSR count). The molecular weight excluding hydrogens is 412 g/mol. The lowest BCUT2D eigenvalue weighted by atomic mass is 9.84. The molecule has 2 aromatic carbocycles. The van der Waals surface area contributed by atoms with Gasteiger partial charge in [0, 0.05) is 30.6 Å². The molecule has 172 valence electrons. The molecule has 1 saturated carbocycles. The highest BCUT2D eigenvalue weighted by Crippen LogP contribution is 2.32. The number of hydrogen-bond acceptors (Lipinski definition) is 4. The van der Waals surface area contributed by atoms with E-state index in [2.05, 4.69) is 36.5 Å². The summed E-state index contributed by atoms with van der Waals surface area (Å²) in [5.41, 5.74) is 4.66. The maximum absolute atomic E-state index is 12.7. The van der Waals surface area contributed by atoms with Gasteiger partial charge in [-0.05, 0) is 86.8 Å². The van der Waals surface area contributed by atoms with Crippen LogP contribution in [0.25, 0.3) is 10.9 Å². The summed E-state index contributed by atoms with van der Waals surface area (Å²) in [5.74, 6) is 2.21. The Kier molecular flexibility index (Phi) is 6.23. The second kappa shape index (κ2) is 9.44. The summed E-state index contributed by atoms with van der Waals surface area (Å²) in [6.07, 6.45) is 8.96. The molecule has 1 aliphatic carbocycles. The van der Waals surface area contributed by atoms with E-state index in [1.54, 1.807) is 18.6 Å². The Morgan fingerprint density at radius 3 is 2.55 bits per heavy atom. The van der Waals surface area contributed by atoms with E-state index in [1.807, 2.05) is 23.6 Å². The standard InChI is InChI=1S/C28H32N2O3/c1-19-3-9-24-20(2)16-28(31)30(25(24)15-19)12-11-21-4-7-23(8-5-21)29-18-22-6-10-26-27(17-22)33-14-13-32-26/h3,6,9-10,13-17,21,23,29H,4-5,7-8,11-12,18H2,1-2H3. The van der Waals surface area contributed by atoms with Crippen LogP contribution in [-0.4, -0.2) is 10.6 Å². The first-order chi connectivity index (χ1) is 16.1. The minimum Gasteiger partial charge on any atom is -0.458 e. The Morgan fingerprint density at radius 1 is 0.939 bits per heavy atom. The van der Waals surface area contributed by atoms with Gasteiger partial charge < -0.3 is 19.4 Å². The molecule has 0 bridgehead atoms. The Bertz CT molecular complexity index is 1240. The van der Waals surface area contributed by atoms with E-state index in [-0.39, 0.29) is 5.56 Å². The van der Waals surface area contributed by atoms with Gasteiger partial charge in [-0.15, -0.1) is 0 Å². The van der Waals surface area contributed by atoms with Crippen LogP contribution in [0.15, 0.2) is 59.8 Å². The average molecular weight is 445 g/mol. The highest BCUT2D eigenvalue weighted by molar-refractivity contribution is 5.83. The van der Waals surface area contributed by atoms with Crippen molar-refractivity contribution in [2.45, 2.75) is 65.1 Å². The van der Waals surface area contributed by atoms with Gasteiger partial charge in [-0.3, -0.25) is 4.79 Å². The molecular formula is C28H32N2O3. The topological polar surface area (TPSA) is 52.5 Å². The summed E-state index contributed by atoms with van der Waals surface area (Å²) in [7, 11) is 0. The van der Waals surface area contributed by atoms with Crippen molar-refractivity contribution >= 4 is 10.9 Å². The zero-order valence-corrected chi connectivity index (χ0v) is 19.5. The Morgan fingerprint density at radius 2 is 1.73 bits per heavy atom. The van der Waals surface area contributed by atoms with E-state index < -0.39 is 0 Å². The number of aryl methyl sites for hydroxylation is 3. The highest BCUT2D eigenvalue weighted by atomic mass is 16.5. The van der Waals surface area contributed by atoms with Gasteiger partial charge in [-0.2, -0.15) is 0 Å². The minimum absolute atomic E-state index is 0.121. The molecule has 1 aliphatic heterocycles. The fourth-order valence-corrected chi connectivity index (χ4v) is 5.17. The quantitative estimate of drug-likeness (QED) is 0.538. The van der Waals surface area contributed by atoms with Crippen LogP contribution in [-0.2, 0) is 13.1 Å². The molecule has 0 atom stereocenters. The van der Waals surface area contributed by atoms with E-state index in [4.69, 9.17) is 9.47 Å². The third-order valence-electron chi connectivity index (χ3n) is 7.13. The van der Waals surface area contributed by atoms with Crippen LogP contribution in [0.5, 0.6) is 11.5 Å². The van der Waals surface area contributed by atoms with Crippen molar-refractivity contribution in [2.24, 2.45) is 5.92 Å². The Balaban J connectivity index is 1.14. The number of aromatic nitrogens is 1. The normalized spacial score (nSPS) is 19.7. The number of pyridine rings is 1. The van der Waals surface area contributed by atoms with E-state index in [9.17, 15) is 4.79 Å². The zero-order chi connectivity index (χ0) is 22.8. The van der Waals surface area contributed by atoms with Crippen LogP contribution in [0.2, 0.25) is 0 Å². The zero-order valence-electron chi connectivity index (χ0n) is 19.5. The van der Waals surface area contributed by atoms with Crippen molar-refractivity contribution in [3.05, 3.63) is 82.0 Å². The summed E-state index contributed by atoms with van der Waals surface area (Å²) in [5, 5.41) is 4.90. The van der Waals surface area contributed by atoms with Crippen molar-refractivity contribution in [3.8, 4) is 11.5 Å². The molecule has 5 heteroatoms. The van der Waals surface area contributed by atoms with Crippen molar-refractivity contribution in [3.63, 3.8) is 0 Å². The third kappa shape index (κ3) is 4.83.